The molecule has 0 aromatic rings. The van der Waals surface area contributed by atoms with Crippen molar-refractivity contribution in [2.24, 2.45) is 5.41 Å². The molecule has 0 spiro atoms. The number of rotatable bonds is 18. The summed E-state index contributed by atoms with van der Waals surface area (Å²) in [6.45, 7) is 19.0. The zero-order valence-electron chi connectivity index (χ0n) is 19.2. The summed E-state index contributed by atoms with van der Waals surface area (Å²) < 4.78 is 22.7. The molecule has 0 rings (SSSR count). The molecular weight excluding hydrogens is 340 g/mol. The molecule has 27 heavy (non-hydrogen) atoms. The average molecular weight is 389 g/mol. The maximum atomic E-state index is 5.70. The minimum absolute atomic E-state index is 0.0154. The van der Waals surface area contributed by atoms with Crippen LogP contribution in [0.1, 0.15) is 92.9 Å². The molecule has 0 aliphatic heterocycles. The van der Waals surface area contributed by atoms with Crippen LogP contribution < -0.4 is 0 Å². The van der Waals surface area contributed by atoms with E-state index in [2.05, 4.69) is 41.5 Å². The third kappa shape index (κ3) is 25.8. The van der Waals surface area contributed by atoms with Gasteiger partial charge in [-0.05, 0) is 77.6 Å². The van der Waals surface area contributed by atoms with Crippen molar-refractivity contribution in [2.45, 2.75) is 98.5 Å². The van der Waals surface area contributed by atoms with E-state index in [1.807, 2.05) is 0 Å². The lowest BCUT2D eigenvalue weighted by atomic mass is 9.93. The van der Waals surface area contributed by atoms with E-state index in [4.69, 9.17) is 18.9 Å². The van der Waals surface area contributed by atoms with Crippen molar-refractivity contribution in [3.8, 4) is 0 Å². The molecule has 4 nitrogen and oxygen atoms in total. The Kier molecular flexibility index (Phi) is 16.7. The maximum absolute atomic E-state index is 5.70. The van der Waals surface area contributed by atoms with E-state index in [1.165, 1.54) is 6.42 Å². The summed E-state index contributed by atoms with van der Waals surface area (Å²) in [6.07, 6.45) is 8.90. The summed E-state index contributed by atoms with van der Waals surface area (Å²) >= 11 is 0. The zero-order chi connectivity index (χ0) is 20.4. The van der Waals surface area contributed by atoms with Gasteiger partial charge < -0.3 is 18.9 Å². The average Bonchev–Trinajstić information content (AvgIpc) is 2.55. The summed E-state index contributed by atoms with van der Waals surface area (Å²) in [6, 6.07) is 0. The van der Waals surface area contributed by atoms with Gasteiger partial charge in [0.05, 0.1) is 5.60 Å². The molecule has 0 aliphatic carbocycles. The Morgan fingerprint density at radius 3 is 1.22 bits per heavy atom. The molecule has 0 amide bonds. The standard InChI is InChI=1S/C23H48O4/c1-22(2,3)14-21-26-19-13-12-18-25-17-11-10-16-24-15-8-7-9-20-27-23(4,5)6/h7-21H2,1-6H3. The zero-order valence-corrected chi connectivity index (χ0v) is 19.2. The Balaban J connectivity index is 3.07. The van der Waals surface area contributed by atoms with E-state index in [9.17, 15) is 0 Å². The molecule has 0 N–H and O–H groups in total. The van der Waals surface area contributed by atoms with Gasteiger partial charge in [-0.25, -0.2) is 0 Å². The summed E-state index contributed by atoms with van der Waals surface area (Å²) in [5.74, 6) is 0. The lowest BCUT2D eigenvalue weighted by Crippen LogP contribution is -2.19. The van der Waals surface area contributed by atoms with E-state index >= 15 is 0 Å². The van der Waals surface area contributed by atoms with Crippen LogP contribution in [0.15, 0.2) is 0 Å². The van der Waals surface area contributed by atoms with Gasteiger partial charge in [0.2, 0.25) is 0 Å². The lowest BCUT2D eigenvalue weighted by molar-refractivity contribution is -0.00538. The molecule has 0 aromatic carbocycles. The van der Waals surface area contributed by atoms with Crippen molar-refractivity contribution in [3.63, 3.8) is 0 Å². The fraction of sp³-hybridized carbons (Fsp3) is 1.00. The molecule has 0 atom stereocenters. The van der Waals surface area contributed by atoms with Gasteiger partial charge in [0.15, 0.2) is 0 Å². The van der Waals surface area contributed by atoms with Crippen LogP contribution in [0.4, 0.5) is 0 Å². The van der Waals surface area contributed by atoms with Gasteiger partial charge in [-0.1, -0.05) is 20.8 Å². The van der Waals surface area contributed by atoms with Crippen LogP contribution in [-0.2, 0) is 18.9 Å². The first-order valence-corrected chi connectivity index (χ1v) is 11.1. The Morgan fingerprint density at radius 2 is 0.815 bits per heavy atom. The van der Waals surface area contributed by atoms with Crippen LogP contribution in [0.25, 0.3) is 0 Å². The molecular formula is C23H48O4. The van der Waals surface area contributed by atoms with Crippen molar-refractivity contribution < 1.29 is 18.9 Å². The molecule has 0 bridgehead atoms. The maximum Gasteiger partial charge on any atom is 0.0598 e. The minimum atomic E-state index is -0.0154. The van der Waals surface area contributed by atoms with Crippen LogP contribution in [0.5, 0.6) is 0 Å². The lowest BCUT2D eigenvalue weighted by Gasteiger charge is -2.19. The number of unbranched alkanes of at least 4 members (excludes halogenated alkanes) is 4. The Morgan fingerprint density at radius 1 is 0.444 bits per heavy atom. The van der Waals surface area contributed by atoms with Gasteiger partial charge in [-0.15, -0.1) is 0 Å². The van der Waals surface area contributed by atoms with Crippen LogP contribution in [-0.4, -0.2) is 51.8 Å². The predicted molar refractivity (Wildman–Crippen MR) is 115 cm³/mol. The van der Waals surface area contributed by atoms with Crippen LogP contribution >= 0.6 is 0 Å². The highest BCUT2D eigenvalue weighted by molar-refractivity contribution is 4.60. The van der Waals surface area contributed by atoms with Crippen LogP contribution in [0.3, 0.4) is 0 Å². The third-order valence-electron chi connectivity index (χ3n) is 4.12. The van der Waals surface area contributed by atoms with Gasteiger partial charge in [0, 0.05) is 46.2 Å². The van der Waals surface area contributed by atoms with E-state index in [-0.39, 0.29) is 5.60 Å². The van der Waals surface area contributed by atoms with E-state index in [0.717, 1.165) is 91.2 Å². The summed E-state index contributed by atoms with van der Waals surface area (Å²) in [5, 5.41) is 0. The summed E-state index contributed by atoms with van der Waals surface area (Å²) in [5.41, 5.74) is 0.353. The molecule has 0 aliphatic rings. The fourth-order valence-corrected chi connectivity index (χ4v) is 2.36. The first-order valence-electron chi connectivity index (χ1n) is 11.1. The highest BCUT2D eigenvalue weighted by Gasteiger charge is 2.09. The molecule has 0 fully saturated rings. The Bertz CT molecular complexity index is 274. The highest BCUT2D eigenvalue weighted by atomic mass is 16.5. The van der Waals surface area contributed by atoms with Crippen molar-refractivity contribution >= 4 is 0 Å². The first-order chi connectivity index (χ1) is 12.7. The van der Waals surface area contributed by atoms with Crippen molar-refractivity contribution in [3.05, 3.63) is 0 Å². The van der Waals surface area contributed by atoms with E-state index in [0.29, 0.717) is 5.41 Å². The summed E-state index contributed by atoms with van der Waals surface area (Å²) in [7, 11) is 0. The Labute approximate surface area is 169 Å². The predicted octanol–water partition coefficient (Wildman–Crippen LogP) is 6.02. The minimum Gasteiger partial charge on any atom is -0.381 e. The topological polar surface area (TPSA) is 36.9 Å². The third-order valence-corrected chi connectivity index (χ3v) is 4.12. The molecule has 0 aromatic heterocycles. The second-order valence-corrected chi connectivity index (χ2v) is 9.58. The van der Waals surface area contributed by atoms with Crippen molar-refractivity contribution in [2.75, 3.05) is 46.2 Å². The number of ether oxygens (including phenoxy) is 4. The molecule has 0 heterocycles. The molecule has 0 saturated carbocycles. The van der Waals surface area contributed by atoms with Gasteiger partial charge in [-0.2, -0.15) is 0 Å². The van der Waals surface area contributed by atoms with Gasteiger partial charge in [-0.3, -0.25) is 0 Å². The number of hydrogen-bond donors (Lipinski definition) is 0. The molecule has 0 unspecified atom stereocenters. The van der Waals surface area contributed by atoms with Crippen LogP contribution in [0.2, 0.25) is 0 Å². The molecule has 0 saturated heterocycles. The number of hydrogen-bond acceptors (Lipinski definition) is 4. The van der Waals surface area contributed by atoms with Gasteiger partial charge in [0.1, 0.15) is 0 Å². The summed E-state index contributed by atoms with van der Waals surface area (Å²) in [4.78, 5) is 0. The Hall–Kier alpha value is -0.160. The molecule has 4 heteroatoms. The monoisotopic (exact) mass is 388 g/mol. The van der Waals surface area contributed by atoms with Crippen molar-refractivity contribution in [1.82, 2.24) is 0 Å². The smallest absolute Gasteiger partial charge is 0.0598 e. The normalized spacial score (nSPS) is 12.7. The van der Waals surface area contributed by atoms with E-state index < -0.39 is 0 Å². The quantitative estimate of drug-likeness (QED) is 0.269. The second kappa shape index (κ2) is 16.8. The largest absolute Gasteiger partial charge is 0.381 e. The first kappa shape index (κ1) is 26.8. The highest BCUT2D eigenvalue weighted by Crippen LogP contribution is 2.17. The van der Waals surface area contributed by atoms with E-state index in [1.54, 1.807) is 0 Å². The molecule has 0 radical (unpaired) electrons. The van der Waals surface area contributed by atoms with Gasteiger partial charge in [0.25, 0.3) is 0 Å². The van der Waals surface area contributed by atoms with Gasteiger partial charge >= 0.3 is 0 Å². The SMILES string of the molecule is CC(C)(C)CCOCCCCOCCCCOCCCCCOC(C)(C)C. The molecule has 164 valence electrons. The second-order valence-electron chi connectivity index (χ2n) is 9.58. The van der Waals surface area contributed by atoms with Crippen LogP contribution in [0, 0.1) is 5.41 Å². The van der Waals surface area contributed by atoms with Crippen molar-refractivity contribution in [1.29, 1.82) is 0 Å². The fourth-order valence-electron chi connectivity index (χ4n) is 2.36.